The number of carbonyl (C=O) groups excluding carboxylic acids is 1. The highest BCUT2D eigenvalue weighted by Gasteiger charge is 2.14. The van der Waals surface area contributed by atoms with Gasteiger partial charge in [-0.2, -0.15) is 5.26 Å². The van der Waals surface area contributed by atoms with Gasteiger partial charge in [-0.15, -0.1) is 0 Å². The maximum atomic E-state index is 12.5. The van der Waals surface area contributed by atoms with E-state index < -0.39 is 5.91 Å². The van der Waals surface area contributed by atoms with Gasteiger partial charge in [0.25, 0.3) is 5.91 Å². The average molecular weight is 369 g/mol. The molecule has 0 atom stereocenters. The van der Waals surface area contributed by atoms with Crippen LogP contribution in [-0.4, -0.2) is 13.0 Å². The highest BCUT2D eigenvalue weighted by Crippen LogP contribution is 2.31. The first kappa shape index (κ1) is 19.6. The van der Waals surface area contributed by atoms with Crippen LogP contribution in [0, 0.1) is 18.3 Å². The normalized spacial score (nSPS) is 11.2. The molecule has 134 valence electrons. The Labute approximate surface area is 159 Å². The molecule has 1 N–H and O–H groups in total. The third-order valence-corrected chi connectivity index (χ3v) is 4.42. The summed E-state index contributed by atoms with van der Waals surface area (Å²) in [5.41, 5.74) is 3.27. The van der Waals surface area contributed by atoms with Crippen molar-refractivity contribution in [1.29, 1.82) is 5.26 Å². The summed E-state index contributed by atoms with van der Waals surface area (Å²) in [5, 5.41) is 12.6. The van der Waals surface area contributed by atoms with E-state index >= 15 is 0 Å². The fraction of sp³-hybridized carbons (Fsp3) is 0.238. The smallest absolute Gasteiger partial charge is 0.266 e. The topological polar surface area (TPSA) is 62.1 Å². The standard InChI is InChI=1S/C21H21ClN2O2/c1-13(2)16-7-5-15(6-8-16)10-17(12-23)21(25)24-19-9-14(3)18(22)11-20(19)26-4/h5-11,13H,1-4H3,(H,24,25)/b17-10+. The van der Waals surface area contributed by atoms with Crippen molar-refractivity contribution in [3.63, 3.8) is 0 Å². The number of nitriles is 1. The zero-order chi connectivity index (χ0) is 19.3. The SMILES string of the molecule is COc1cc(Cl)c(C)cc1NC(=O)/C(C#N)=C/c1ccc(C(C)C)cc1. The van der Waals surface area contributed by atoms with E-state index in [1.807, 2.05) is 37.3 Å². The van der Waals surface area contributed by atoms with Gasteiger partial charge in [0.15, 0.2) is 0 Å². The van der Waals surface area contributed by atoms with Gasteiger partial charge in [0.2, 0.25) is 0 Å². The second-order valence-electron chi connectivity index (χ2n) is 6.25. The number of aryl methyl sites for hydroxylation is 1. The molecule has 0 saturated heterocycles. The minimum absolute atomic E-state index is 0.0111. The molecule has 0 aliphatic rings. The Kier molecular flexibility index (Phi) is 6.43. The largest absolute Gasteiger partial charge is 0.495 e. The molecule has 26 heavy (non-hydrogen) atoms. The lowest BCUT2D eigenvalue weighted by molar-refractivity contribution is -0.112. The van der Waals surface area contributed by atoms with Crippen molar-refractivity contribution in [3.8, 4) is 11.8 Å². The van der Waals surface area contributed by atoms with Crippen molar-refractivity contribution in [1.82, 2.24) is 0 Å². The average Bonchev–Trinajstić information content (AvgIpc) is 2.62. The van der Waals surface area contributed by atoms with Crippen LogP contribution in [0.5, 0.6) is 5.75 Å². The molecule has 0 saturated carbocycles. The summed E-state index contributed by atoms with van der Waals surface area (Å²) in [6, 6.07) is 13.1. The van der Waals surface area contributed by atoms with E-state index in [9.17, 15) is 10.1 Å². The Balaban J connectivity index is 2.27. The fourth-order valence-electron chi connectivity index (χ4n) is 2.41. The molecule has 0 aliphatic carbocycles. The monoisotopic (exact) mass is 368 g/mol. The van der Waals surface area contributed by atoms with Gasteiger partial charge >= 0.3 is 0 Å². The van der Waals surface area contributed by atoms with E-state index in [0.717, 1.165) is 11.1 Å². The number of nitrogens with zero attached hydrogens (tertiary/aromatic N) is 1. The summed E-state index contributed by atoms with van der Waals surface area (Å²) in [4.78, 5) is 12.5. The maximum absolute atomic E-state index is 12.5. The quantitative estimate of drug-likeness (QED) is 0.573. The molecule has 4 nitrogen and oxygen atoms in total. The minimum atomic E-state index is -0.500. The molecule has 0 unspecified atom stereocenters. The van der Waals surface area contributed by atoms with Crippen LogP contribution in [0.4, 0.5) is 5.69 Å². The van der Waals surface area contributed by atoms with Crippen LogP contribution in [0.2, 0.25) is 5.02 Å². The lowest BCUT2D eigenvalue weighted by Gasteiger charge is -2.12. The second kappa shape index (κ2) is 8.55. The van der Waals surface area contributed by atoms with Gasteiger partial charge in [0.05, 0.1) is 12.8 Å². The van der Waals surface area contributed by atoms with E-state index in [1.165, 1.54) is 12.7 Å². The van der Waals surface area contributed by atoms with Crippen LogP contribution in [0.15, 0.2) is 42.0 Å². The molecule has 1 amide bonds. The lowest BCUT2D eigenvalue weighted by atomic mass is 10.0. The van der Waals surface area contributed by atoms with Crippen molar-refractivity contribution in [2.45, 2.75) is 26.7 Å². The number of nitrogens with one attached hydrogen (secondary N) is 1. The number of hydrogen-bond donors (Lipinski definition) is 1. The fourth-order valence-corrected chi connectivity index (χ4v) is 2.57. The molecule has 0 radical (unpaired) electrons. The molecule has 0 bridgehead atoms. The number of hydrogen-bond acceptors (Lipinski definition) is 3. The molecule has 2 aromatic rings. The van der Waals surface area contributed by atoms with Gasteiger partial charge in [0.1, 0.15) is 17.4 Å². The number of ether oxygens (including phenoxy) is 1. The number of methoxy groups -OCH3 is 1. The Bertz CT molecular complexity index is 878. The van der Waals surface area contributed by atoms with E-state index in [0.29, 0.717) is 22.4 Å². The molecule has 2 aromatic carbocycles. The van der Waals surface area contributed by atoms with E-state index in [2.05, 4.69) is 19.2 Å². The summed E-state index contributed by atoms with van der Waals surface area (Å²) < 4.78 is 5.25. The van der Waals surface area contributed by atoms with Crippen LogP contribution in [0.3, 0.4) is 0 Å². The van der Waals surface area contributed by atoms with Crippen molar-refractivity contribution in [2.24, 2.45) is 0 Å². The van der Waals surface area contributed by atoms with Crippen molar-refractivity contribution in [3.05, 3.63) is 63.7 Å². The number of benzene rings is 2. The van der Waals surface area contributed by atoms with E-state index in [4.69, 9.17) is 16.3 Å². The first-order chi connectivity index (χ1) is 12.3. The van der Waals surface area contributed by atoms with Crippen LogP contribution < -0.4 is 10.1 Å². The molecule has 0 aromatic heterocycles. The predicted octanol–water partition coefficient (Wildman–Crippen LogP) is 5.33. The van der Waals surface area contributed by atoms with Crippen LogP contribution >= 0.6 is 11.6 Å². The van der Waals surface area contributed by atoms with Gasteiger partial charge in [-0.1, -0.05) is 49.7 Å². The number of halogens is 1. The van der Waals surface area contributed by atoms with E-state index in [1.54, 1.807) is 18.2 Å². The van der Waals surface area contributed by atoms with Crippen LogP contribution in [0.1, 0.15) is 36.5 Å². The molecular formula is C21H21ClN2O2. The molecular weight excluding hydrogens is 348 g/mol. The third kappa shape index (κ3) is 4.65. The zero-order valence-electron chi connectivity index (χ0n) is 15.3. The third-order valence-electron chi connectivity index (χ3n) is 4.01. The summed E-state index contributed by atoms with van der Waals surface area (Å²) in [6.45, 7) is 6.05. The Hall–Kier alpha value is -2.77. The molecule has 0 heterocycles. The summed E-state index contributed by atoms with van der Waals surface area (Å²) in [6.07, 6.45) is 1.56. The van der Waals surface area contributed by atoms with Gasteiger partial charge in [-0.05, 0) is 41.7 Å². The Morgan fingerprint density at radius 3 is 2.46 bits per heavy atom. The minimum Gasteiger partial charge on any atom is -0.495 e. The molecule has 0 fully saturated rings. The van der Waals surface area contributed by atoms with Gasteiger partial charge in [-0.25, -0.2) is 0 Å². The molecule has 2 rings (SSSR count). The van der Waals surface area contributed by atoms with Crippen molar-refractivity contribution >= 4 is 29.3 Å². The van der Waals surface area contributed by atoms with E-state index in [-0.39, 0.29) is 5.57 Å². The lowest BCUT2D eigenvalue weighted by Crippen LogP contribution is -2.14. The summed E-state index contributed by atoms with van der Waals surface area (Å²) >= 11 is 6.08. The van der Waals surface area contributed by atoms with Crippen LogP contribution in [0.25, 0.3) is 6.08 Å². The number of rotatable bonds is 5. The Morgan fingerprint density at radius 1 is 1.27 bits per heavy atom. The predicted molar refractivity (Wildman–Crippen MR) is 105 cm³/mol. The number of carbonyl (C=O) groups is 1. The van der Waals surface area contributed by atoms with Gasteiger partial charge in [-0.3, -0.25) is 4.79 Å². The van der Waals surface area contributed by atoms with Crippen molar-refractivity contribution in [2.75, 3.05) is 12.4 Å². The zero-order valence-corrected chi connectivity index (χ0v) is 16.0. The highest BCUT2D eigenvalue weighted by atomic mass is 35.5. The molecule has 0 aliphatic heterocycles. The number of amides is 1. The van der Waals surface area contributed by atoms with Crippen molar-refractivity contribution < 1.29 is 9.53 Å². The molecule has 5 heteroatoms. The summed E-state index contributed by atoms with van der Waals surface area (Å²) in [5.74, 6) is 0.361. The Morgan fingerprint density at radius 2 is 1.92 bits per heavy atom. The molecule has 0 spiro atoms. The first-order valence-electron chi connectivity index (χ1n) is 8.23. The van der Waals surface area contributed by atoms with Crippen LogP contribution in [-0.2, 0) is 4.79 Å². The maximum Gasteiger partial charge on any atom is 0.266 e. The first-order valence-corrected chi connectivity index (χ1v) is 8.60. The number of anilines is 1. The highest BCUT2D eigenvalue weighted by molar-refractivity contribution is 6.31. The van der Waals surface area contributed by atoms with Gasteiger partial charge in [0, 0.05) is 11.1 Å². The summed E-state index contributed by atoms with van der Waals surface area (Å²) in [7, 11) is 1.49. The second-order valence-corrected chi connectivity index (χ2v) is 6.65. The van der Waals surface area contributed by atoms with Gasteiger partial charge < -0.3 is 10.1 Å².